The summed E-state index contributed by atoms with van der Waals surface area (Å²) in [6.07, 6.45) is 0. The van der Waals surface area contributed by atoms with Gasteiger partial charge in [0.15, 0.2) is 17.4 Å². The quantitative estimate of drug-likeness (QED) is 0.450. The van der Waals surface area contributed by atoms with Crippen LogP contribution in [-0.2, 0) is 38.8 Å². The second-order valence-electron chi connectivity index (χ2n) is 0. The molecule has 0 atom stereocenters. The van der Waals surface area contributed by atoms with Gasteiger partial charge in [-0.3, -0.25) is 0 Å². The van der Waals surface area contributed by atoms with Crippen molar-refractivity contribution in [3.05, 3.63) is 0 Å². The van der Waals surface area contributed by atoms with Gasteiger partial charge in [0.05, 0.1) is 0 Å². The first-order chi connectivity index (χ1) is 0. The van der Waals surface area contributed by atoms with Crippen LogP contribution in [0.25, 0.3) is 0 Å². The summed E-state index contributed by atoms with van der Waals surface area (Å²) in [6.45, 7) is 0. The van der Waals surface area contributed by atoms with Crippen LogP contribution in [0.15, 0.2) is 0 Å². The summed E-state index contributed by atoms with van der Waals surface area (Å²) in [5.74, 6) is 0. The predicted octanol–water partition coefficient (Wildman–Crippen LogP) is -1.03. The molecule has 0 aromatic heterocycles. The molecule has 4 heteroatoms. The zero-order chi connectivity index (χ0) is 0. The molecule has 0 heterocycles. The zero-order valence-electron chi connectivity index (χ0n) is 1.51. The first kappa shape index (κ1) is 42.9. The Morgan fingerprint density at radius 3 is 1.00 bits per heavy atom. The normalized spacial score (nSPS) is 0. The zero-order valence-corrected chi connectivity index (χ0v) is 4.01. The van der Waals surface area contributed by atoms with Crippen LogP contribution >= 0.6 is 0 Å². The van der Waals surface area contributed by atoms with E-state index in [1.165, 1.54) is 0 Å². The van der Waals surface area contributed by atoms with E-state index >= 15 is 0 Å². The molecule has 0 fully saturated rings. The van der Waals surface area contributed by atoms with E-state index < -0.39 is 0 Å². The SMILES string of the molecule is N.[AlH3].[Cu].[Ti]. The molecule has 0 spiro atoms. The van der Waals surface area contributed by atoms with Crippen LogP contribution in [0.4, 0.5) is 0 Å². The van der Waals surface area contributed by atoms with Gasteiger partial charge in [0.25, 0.3) is 0 Å². The van der Waals surface area contributed by atoms with E-state index in [0.717, 1.165) is 0 Å². The molecule has 0 amide bonds. The van der Waals surface area contributed by atoms with Crippen molar-refractivity contribution in [2.24, 2.45) is 0 Å². The third-order valence-corrected chi connectivity index (χ3v) is 0. The van der Waals surface area contributed by atoms with Crippen molar-refractivity contribution in [1.29, 1.82) is 0 Å². The Hall–Kier alpha value is 1.73. The van der Waals surface area contributed by atoms with Gasteiger partial charge in [-0.05, 0) is 0 Å². The summed E-state index contributed by atoms with van der Waals surface area (Å²) in [7, 11) is 0. The summed E-state index contributed by atoms with van der Waals surface area (Å²) < 4.78 is 0. The molecule has 0 bridgehead atoms. The van der Waals surface area contributed by atoms with Crippen molar-refractivity contribution in [3.8, 4) is 0 Å². The van der Waals surface area contributed by atoms with Crippen molar-refractivity contribution in [2.45, 2.75) is 0 Å². The summed E-state index contributed by atoms with van der Waals surface area (Å²) in [4.78, 5) is 0. The van der Waals surface area contributed by atoms with E-state index in [4.69, 9.17) is 0 Å². The Bertz CT molecular complexity index is 8.00. The molecular weight excluding hydrogens is 152 g/mol. The van der Waals surface area contributed by atoms with Crippen LogP contribution in [0.1, 0.15) is 0 Å². The van der Waals surface area contributed by atoms with Gasteiger partial charge in [-0.1, -0.05) is 0 Å². The smallest absolute Gasteiger partial charge is 0.187 e. The first-order valence-electron chi connectivity index (χ1n) is 0. The average molecular weight is 158 g/mol. The van der Waals surface area contributed by atoms with Crippen molar-refractivity contribution in [2.75, 3.05) is 0 Å². The van der Waals surface area contributed by atoms with Crippen LogP contribution < -0.4 is 6.15 Å². The van der Waals surface area contributed by atoms with Crippen LogP contribution in [0.5, 0.6) is 0 Å². The maximum Gasteiger partial charge on any atom is 0.187 e. The Morgan fingerprint density at radius 1 is 1.00 bits per heavy atom. The topological polar surface area (TPSA) is 35.0 Å². The molecule has 3 N–H and O–H groups in total. The molecule has 0 aromatic rings. The maximum absolute atomic E-state index is 0. The van der Waals surface area contributed by atoms with Gasteiger partial charge in [0.2, 0.25) is 0 Å². The number of hydrogen-bond acceptors (Lipinski definition) is 1. The molecule has 0 saturated carbocycles. The molecule has 0 aromatic carbocycles. The Kier molecular flexibility index (Phi) is 236. The third kappa shape index (κ3) is 9.29. The monoisotopic (exact) mass is 158 g/mol. The fourth-order valence-corrected chi connectivity index (χ4v) is 0. The second kappa shape index (κ2) is 22.0. The van der Waals surface area contributed by atoms with Crippen LogP contribution in [-0.4, -0.2) is 17.4 Å². The van der Waals surface area contributed by atoms with Crippen molar-refractivity contribution in [3.63, 3.8) is 0 Å². The largest absolute Gasteiger partial charge is 0.344 e. The number of rotatable bonds is 0. The first-order valence-corrected chi connectivity index (χ1v) is 0. The van der Waals surface area contributed by atoms with Crippen molar-refractivity contribution < 1.29 is 38.8 Å². The molecule has 1 radical (unpaired) electrons. The molecule has 0 aliphatic rings. The van der Waals surface area contributed by atoms with E-state index in [9.17, 15) is 0 Å². The van der Waals surface area contributed by atoms with E-state index in [-0.39, 0.29) is 62.3 Å². The average Bonchev–Trinajstić information content (AvgIpc) is 0. The second-order valence-corrected chi connectivity index (χ2v) is 0. The molecule has 29 valence electrons. The molecule has 0 aliphatic heterocycles. The minimum absolute atomic E-state index is 0. The van der Waals surface area contributed by atoms with Gasteiger partial charge in [-0.15, -0.1) is 0 Å². The van der Waals surface area contributed by atoms with E-state index in [1.807, 2.05) is 0 Å². The number of hydrogen-bond donors (Lipinski definition) is 1. The molecular formula is H6AlCuNTi. The van der Waals surface area contributed by atoms with Gasteiger partial charge in [0, 0.05) is 38.8 Å². The fourth-order valence-electron chi connectivity index (χ4n) is 0. The Labute approximate surface area is 62.0 Å². The third-order valence-electron chi connectivity index (χ3n) is 0. The predicted molar refractivity (Wildman–Crippen MR) is 15.0 cm³/mol. The molecule has 0 aliphatic carbocycles. The van der Waals surface area contributed by atoms with Gasteiger partial charge >= 0.3 is 0 Å². The van der Waals surface area contributed by atoms with Gasteiger partial charge in [-0.2, -0.15) is 0 Å². The molecule has 0 saturated heterocycles. The van der Waals surface area contributed by atoms with E-state index in [1.54, 1.807) is 0 Å². The van der Waals surface area contributed by atoms with E-state index in [0.29, 0.717) is 0 Å². The minimum atomic E-state index is 0. The summed E-state index contributed by atoms with van der Waals surface area (Å²) in [6, 6.07) is 0. The summed E-state index contributed by atoms with van der Waals surface area (Å²) in [5.41, 5.74) is 0. The standard InChI is InChI=1S/Al.Cu.H3N.Ti.3H/h;;1H3;;;;. The van der Waals surface area contributed by atoms with Crippen LogP contribution in [0.2, 0.25) is 0 Å². The maximum atomic E-state index is 0. The Morgan fingerprint density at radius 2 is 1.00 bits per heavy atom. The van der Waals surface area contributed by atoms with Gasteiger partial charge in [0.1, 0.15) is 0 Å². The summed E-state index contributed by atoms with van der Waals surface area (Å²) in [5, 5.41) is 0. The van der Waals surface area contributed by atoms with Crippen molar-refractivity contribution >= 4 is 17.4 Å². The van der Waals surface area contributed by atoms with Gasteiger partial charge in [-0.25, -0.2) is 0 Å². The molecule has 4 heavy (non-hydrogen) atoms. The van der Waals surface area contributed by atoms with Gasteiger partial charge < -0.3 is 6.15 Å². The minimum Gasteiger partial charge on any atom is -0.344 e. The van der Waals surface area contributed by atoms with Crippen molar-refractivity contribution in [1.82, 2.24) is 6.15 Å². The van der Waals surface area contributed by atoms with Crippen LogP contribution in [0, 0.1) is 0 Å². The molecule has 0 rings (SSSR count). The van der Waals surface area contributed by atoms with Crippen LogP contribution in [0.3, 0.4) is 0 Å². The molecule has 0 unspecified atom stereocenters. The van der Waals surface area contributed by atoms with E-state index in [2.05, 4.69) is 0 Å². The summed E-state index contributed by atoms with van der Waals surface area (Å²) >= 11 is 0. The fraction of sp³-hybridized carbons (Fsp3) is 0. The Balaban J connectivity index is 0. The molecule has 1 nitrogen and oxygen atoms in total.